The minimum Gasteiger partial charge on any atom is -0.383 e. The van der Waals surface area contributed by atoms with Gasteiger partial charge in [0.2, 0.25) is 0 Å². The van der Waals surface area contributed by atoms with Gasteiger partial charge in [0.05, 0.1) is 24.2 Å². The molecule has 0 aliphatic heterocycles. The second-order valence-corrected chi connectivity index (χ2v) is 4.61. The fourth-order valence-corrected chi connectivity index (χ4v) is 1.98. The van der Waals surface area contributed by atoms with Crippen molar-refractivity contribution >= 4 is 5.69 Å². The highest BCUT2D eigenvalue weighted by atomic mass is 16.5. The lowest BCUT2D eigenvalue weighted by molar-refractivity contribution is 0.183. The summed E-state index contributed by atoms with van der Waals surface area (Å²) in [5.74, 6) is 0. The van der Waals surface area contributed by atoms with Gasteiger partial charge in [0.15, 0.2) is 0 Å². The van der Waals surface area contributed by atoms with Gasteiger partial charge in [0.1, 0.15) is 0 Å². The maximum atomic E-state index is 5.17. The van der Waals surface area contributed by atoms with Crippen molar-refractivity contribution < 1.29 is 4.74 Å². The number of hydrogen-bond acceptors (Lipinski definition) is 4. The first-order valence-corrected chi connectivity index (χ1v) is 6.49. The van der Waals surface area contributed by atoms with Gasteiger partial charge in [-0.25, -0.2) is 0 Å². The molecular formula is C14H25N3O. The van der Waals surface area contributed by atoms with Gasteiger partial charge in [0, 0.05) is 26.2 Å². The van der Waals surface area contributed by atoms with Crippen LogP contribution in [0.4, 0.5) is 5.69 Å². The van der Waals surface area contributed by atoms with Crippen LogP contribution in [0.2, 0.25) is 0 Å². The standard InChI is InChI=1S/C14H25N3O/c1-6-13(15-3)14-8-7-12(9-16-14)17(4)11(2)10-18-5/h7-9,11,13,15H,6,10H2,1-5H3. The second kappa shape index (κ2) is 7.34. The van der Waals surface area contributed by atoms with Crippen molar-refractivity contribution in [2.24, 2.45) is 0 Å². The van der Waals surface area contributed by atoms with E-state index in [1.807, 2.05) is 13.2 Å². The number of rotatable bonds is 7. The topological polar surface area (TPSA) is 37.4 Å². The van der Waals surface area contributed by atoms with E-state index in [-0.39, 0.29) is 0 Å². The van der Waals surface area contributed by atoms with Gasteiger partial charge >= 0.3 is 0 Å². The maximum absolute atomic E-state index is 5.17. The molecule has 2 atom stereocenters. The van der Waals surface area contributed by atoms with E-state index in [4.69, 9.17) is 4.74 Å². The van der Waals surface area contributed by atoms with Crippen molar-refractivity contribution in [3.63, 3.8) is 0 Å². The zero-order valence-electron chi connectivity index (χ0n) is 12.1. The Bertz CT molecular complexity index is 335. The smallest absolute Gasteiger partial charge is 0.0663 e. The molecule has 102 valence electrons. The van der Waals surface area contributed by atoms with Crippen LogP contribution in [-0.2, 0) is 4.74 Å². The molecule has 1 heterocycles. The first-order valence-electron chi connectivity index (χ1n) is 6.49. The molecule has 1 rings (SSSR count). The molecule has 0 fully saturated rings. The summed E-state index contributed by atoms with van der Waals surface area (Å²) in [6.45, 7) is 5.01. The van der Waals surface area contributed by atoms with E-state index in [1.54, 1.807) is 7.11 Å². The number of aromatic nitrogens is 1. The van der Waals surface area contributed by atoms with E-state index in [9.17, 15) is 0 Å². The van der Waals surface area contributed by atoms with Gasteiger partial charge < -0.3 is 15.0 Å². The summed E-state index contributed by atoms with van der Waals surface area (Å²) in [4.78, 5) is 6.72. The van der Waals surface area contributed by atoms with E-state index < -0.39 is 0 Å². The third kappa shape index (κ3) is 3.68. The molecule has 0 aromatic carbocycles. The molecule has 0 spiro atoms. The van der Waals surface area contributed by atoms with Gasteiger partial charge in [-0.15, -0.1) is 0 Å². The third-order valence-corrected chi connectivity index (χ3v) is 3.36. The Balaban J connectivity index is 2.75. The molecule has 0 bridgehead atoms. The quantitative estimate of drug-likeness (QED) is 0.806. The Morgan fingerprint density at radius 3 is 2.61 bits per heavy atom. The summed E-state index contributed by atoms with van der Waals surface area (Å²) in [6.07, 6.45) is 2.97. The predicted molar refractivity (Wildman–Crippen MR) is 76.1 cm³/mol. The van der Waals surface area contributed by atoms with Crippen molar-refractivity contribution in [1.29, 1.82) is 0 Å². The number of methoxy groups -OCH3 is 1. The summed E-state index contributed by atoms with van der Waals surface area (Å²) in [6, 6.07) is 4.89. The molecule has 2 unspecified atom stereocenters. The van der Waals surface area contributed by atoms with Gasteiger partial charge in [0.25, 0.3) is 0 Å². The summed E-state index contributed by atoms with van der Waals surface area (Å²) >= 11 is 0. The number of hydrogen-bond donors (Lipinski definition) is 1. The van der Waals surface area contributed by atoms with Crippen LogP contribution in [0.1, 0.15) is 32.0 Å². The van der Waals surface area contributed by atoms with E-state index in [0.717, 1.165) is 17.8 Å². The molecule has 4 nitrogen and oxygen atoms in total. The fourth-order valence-electron chi connectivity index (χ4n) is 1.98. The van der Waals surface area contributed by atoms with Crippen molar-refractivity contribution in [1.82, 2.24) is 10.3 Å². The largest absolute Gasteiger partial charge is 0.383 e. The molecule has 4 heteroatoms. The van der Waals surface area contributed by atoms with Gasteiger partial charge in [-0.3, -0.25) is 4.98 Å². The van der Waals surface area contributed by atoms with Crippen LogP contribution in [-0.4, -0.2) is 38.8 Å². The molecule has 1 aromatic heterocycles. The molecule has 0 aliphatic rings. The van der Waals surface area contributed by atoms with Crippen molar-refractivity contribution in [3.8, 4) is 0 Å². The lowest BCUT2D eigenvalue weighted by Crippen LogP contribution is -2.32. The Morgan fingerprint density at radius 1 is 1.44 bits per heavy atom. The zero-order chi connectivity index (χ0) is 13.5. The predicted octanol–water partition coefficient (Wildman–Crippen LogP) is 2.22. The highest BCUT2D eigenvalue weighted by Crippen LogP contribution is 2.18. The molecule has 1 N–H and O–H groups in total. The average molecular weight is 251 g/mol. The molecule has 0 saturated carbocycles. The van der Waals surface area contributed by atoms with Crippen molar-refractivity contribution in [3.05, 3.63) is 24.0 Å². The summed E-state index contributed by atoms with van der Waals surface area (Å²) < 4.78 is 5.17. The second-order valence-electron chi connectivity index (χ2n) is 4.61. The summed E-state index contributed by atoms with van der Waals surface area (Å²) in [7, 11) is 5.76. The van der Waals surface area contributed by atoms with Crippen LogP contribution in [0, 0.1) is 0 Å². The third-order valence-electron chi connectivity index (χ3n) is 3.36. The van der Waals surface area contributed by atoms with Gasteiger partial charge in [-0.1, -0.05) is 6.92 Å². The van der Waals surface area contributed by atoms with Crippen LogP contribution in [0.5, 0.6) is 0 Å². The fraction of sp³-hybridized carbons (Fsp3) is 0.643. The SMILES string of the molecule is CCC(NC)c1ccc(N(C)C(C)COC)cn1. The Hall–Kier alpha value is -1.13. The van der Waals surface area contributed by atoms with Crippen molar-refractivity contribution in [2.75, 3.05) is 32.7 Å². The Labute approximate surface area is 110 Å². The van der Waals surface area contributed by atoms with E-state index >= 15 is 0 Å². The van der Waals surface area contributed by atoms with Crippen LogP contribution in [0.25, 0.3) is 0 Å². The normalized spacial score (nSPS) is 14.3. The molecular weight excluding hydrogens is 226 g/mol. The first-order chi connectivity index (χ1) is 8.63. The number of nitrogens with one attached hydrogen (secondary N) is 1. The maximum Gasteiger partial charge on any atom is 0.0663 e. The van der Waals surface area contributed by atoms with E-state index in [2.05, 4.69) is 48.2 Å². The Morgan fingerprint density at radius 2 is 2.17 bits per heavy atom. The number of ether oxygens (including phenoxy) is 1. The molecule has 0 amide bonds. The highest BCUT2D eigenvalue weighted by molar-refractivity contribution is 5.44. The van der Waals surface area contributed by atoms with Gasteiger partial charge in [-0.2, -0.15) is 0 Å². The van der Waals surface area contributed by atoms with Crippen LogP contribution >= 0.6 is 0 Å². The first kappa shape index (κ1) is 14.9. The Kier molecular flexibility index (Phi) is 6.09. The monoisotopic (exact) mass is 251 g/mol. The number of likely N-dealkylation sites (N-methyl/N-ethyl adjacent to an activating group) is 1. The highest BCUT2D eigenvalue weighted by Gasteiger charge is 2.12. The zero-order valence-corrected chi connectivity index (χ0v) is 12.1. The lowest BCUT2D eigenvalue weighted by atomic mass is 10.1. The summed E-state index contributed by atoms with van der Waals surface area (Å²) in [5.41, 5.74) is 2.21. The van der Waals surface area contributed by atoms with Gasteiger partial charge in [-0.05, 0) is 32.5 Å². The average Bonchev–Trinajstić information content (AvgIpc) is 2.40. The molecule has 0 radical (unpaired) electrons. The van der Waals surface area contributed by atoms with E-state index in [1.165, 1.54) is 0 Å². The molecule has 0 aliphatic carbocycles. The number of pyridine rings is 1. The molecule has 18 heavy (non-hydrogen) atoms. The van der Waals surface area contributed by atoms with Crippen LogP contribution < -0.4 is 10.2 Å². The van der Waals surface area contributed by atoms with Crippen LogP contribution in [0.15, 0.2) is 18.3 Å². The minimum absolute atomic E-state index is 0.334. The van der Waals surface area contributed by atoms with E-state index in [0.29, 0.717) is 18.7 Å². The van der Waals surface area contributed by atoms with Crippen molar-refractivity contribution in [2.45, 2.75) is 32.4 Å². The van der Waals surface area contributed by atoms with Crippen LogP contribution in [0.3, 0.4) is 0 Å². The summed E-state index contributed by atoms with van der Waals surface area (Å²) in [5, 5.41) is 3.26. The molecule has 1 aromatic rings. The number of nitrogens with zero attached hydrogens (tertiary/aromatic N) is 2. The number of anilines is 1. The molecule has 0 saturated heterocycles. The lowest BCUT2D eigenvalue weighted by Gasteiger charge is -2.26. The minimum atomic E-state index is 0.334.